The third-order valence-electron chi connectivity index (χ3n) is 3.61. The summed E-state index contributed by atoms with van der Waals surface area (Å²) in [5.41, 5.74) is 5.99. The van der Waals surface area contributed by atoms with Gasteiger partial charge in [-0.1, -0.05) is 22.0 Å². The van der Waals surface area contributed by atoms with Crippen LogP contribution in [0, 0.1) is 26.6 Å². The molecule has 0 radical (unpaired) electrons. The van der Waals surface area contributed by atoms with Gasteiger partial charge in [0.1, 0.15) is 17.3 Å². The molecule has 108 valence electrons. The molecule has 0 spiro atoms. The predicted molar refractivity (Wildman–Crippen MR) is 80.8 cm³/mol. The first-order valence-corrected chi connectivity index (χ1v) is 7.20. The number of hydrogen-bond acceptors (Lipinski definition) is 3. The zero-order chi connectivity index (χ0) is 14.9. The van der Waals surface area contributed by atoms with E-state index in [1.807, 2.05) is 20.8 Å². The van der Waals surface area contributed by atoms with Gasteiger partial charge in [-0.2, -0.15) is 0 Å². The van der Waals surface area contributed by atoms with Crippen molar-refractivity contribution in [2.45, 2.75) is 33.2 Å². The molecule has 3 N–H and O–H groups in total. The molecule has 0 aliphatic carbocycles. The number of nitrogens with one attached hydrogen (secondary N) is 1. The van der Waals surface area contributed by atoms with Gasteiger partial charge in [0.05, 0.1) is 6.04 Å². The summed E-state index contributed by atoms with van der Waals surface area (Å²) in [6.45, 7) is 5.89. The molecular formula is C15H18BrFN2O. The number of aryl methyl sites for hydroxylation is 2. The topological polar surface area (TPSA) is 51.2 Å². The van der Waals surface area contributed by atoms with Crippen molar-refractivity contribution >= 4 is 15.9 Å². The quantitative estimate of drug-likeness (QED) is 0.656. The molecule has 0 saturated heterocycles. The summed E-state index contributed by atoms with van der Waals surface area (Å²) < 4.78 is 19.5. The zero-order valence-corrected chi connectivity index (χ0v) is 13.3. The van der Waals surface area contributed by atoms with Crippen LogP contribution in [0.5, 0.6) is 0 Å². The number of hydrazine groups is 1. The van der Waals surface area contributed by atoms with Crippen LogP contribution in [-0.2, 0) is 6.42 Å². The van der Waals surface area contributed by atoms with Gasteiger partial charge in [-0.3, -0.25) is 11.3 Å². The fraction of sp³-hybridized carbons (Fsp3) is 0.333. The van der Waals surface area contributed by atoms with E-state index in [2.05, 4.69) is 21.4 Å². The highest BCUT2D eigenvalue weighted by Gasteiger charge is 2.21. The fourth-order valence-corrected chi connectivity index (χ4v) is 2.99. The van der Waals surface area contributed by atoms with Crippen LogP contribution >= 0.6 is 15.9 Å². The molecule has 2 aromatic rings. The Morgan fingerprint density at radius 3 is 2.50 bits per heavy atom. The van der Waals surface area contributed by atoms with Gasteiger partial charge in [-0.15, -0.1) is 0 Å². The standard InChI is InChI=1S/C15H18BrFN2O/c1-8-9(2)20-10(3)15(8)14(19-18)6-11-4-5-12(17)7-13(11)16/h4-5,7,14,19H,6,18H2,1-3H3. The van der Waals surface area contributed by atoms with Crippen LogP contribution in [0.2, 0.25) is 0 Å². The maximum Gasteiger partial charge on any atom is 0.124 e. The van der Waals surface area contributed by atoms with Gasteiger partial charge in [0.2, 0.25) is 0 Å². The lowest BCUT2D eigenvalue weighted by Crippen LogP contribution is -2.30. The van der Waals surface area contributed by atoms with E-state index in [9.17, 15) is 4.39 Å². The summed E-state index contributed by atoms with van der Waals surface area (Å²) in [7, 11) is 0. The lowest BCUT2D eigenvalue weighted by molar-refractivity contribution is 0.484. The van der Waals surface area contributed by atoms with Crippen LogP contribution in [0.15, 0.2) is 27.1 Å². The molecule has 0 saturated carbocycles. The average molecular weight is 341 g/mol. The molecule has 1 aromatic heterocycles. The fourth-order valence-electron chi connectivity index (χ4n) is 2.47. The van der Waals surface area contributed by atoms with E-state index in [1.54, 1.807) is 6.07 Å². The van der Waals surface area contributed by atoms with Crippen LogP contribution in [-0.4, -0.2) is 0 Å². The van der Waals surface area contributed by atoms with Crippen molar-refractivity contribution in [3.8, 4) is 0 Å². The van der Waals surface area contributed by atoms with Crippen LogP contribution in [0.1, 0.15) is 34.3 Å². The number of halogens is 2. The highest BCUT2D eigenvalue weighted by molar-refractivity contribution is 9.10. The van der Waals surface area contributed by atoms with Gasteiger partial charge in [-0.05, 0) is 50.5 Å². The van der Waals surface area contributed by atoms with Crippen molar-refractivity contribution in [2.75, 3.05) is 0 Å². The van der Waals surface area contributed by atoms with Crippen LogP contribution in [0.25, 0.3) is 0 Å². The molecule has 2 rings (SSSR count). The number of rotatable bonds is 4. The van der Waals surface area contributed by atoms with Crippen molar-refractivity contribution in [3.63, 3.8) is 0 Å². The Morgan fingerprint density at radius 2 is 2.00 bits per heavy atom. The van der Waals surface area contributed by atoms with Crippen molar-refractivity contribution in [1.29, 1.82) is 0 Å². The SMILES string of the molecule is Cc1oc(C)c(C(Cc2ccc(F)cc2Br)NN)c1C. The second-order valence-electron chi connectivity index (χ2n) is 4.91. The molecule has 0 aliphatic heterocycles. The van der Waals surface area contributed by atoms with Crippen LogP contribution in [0.3, 0.4) is 0 Å². The van der Waals surface area contributed by atoms with E-state index in [0.717, 1.165) is 32.7 Å². The van der Waals surface area contributed by atoms with E-state index in [-0.39, 0.29) is 11.9 Å². The molecule has 3 nitrogen and oxygen atoms in total. The average Bonchev–Trinajstić information content (AvgIpc) is 2.63. The zero-order valence-electron chi connectivity index (χ0n) is 11.8. The summed E-state index contributed by atoms with van der Waals surface area (Å²) in [5, 5.41) is 0. The molecular weight excluding hydrogens is 323 g/mol. The van der Waals surface area contributed by atoms with E-state index in [1.165, 1.54) is 12.1 Å². The Hall–Kier alpha value is -1.17. The maximum absolute atomic E-state index is 13.1. The highest BCUT2D eigenvalue weighted by Crippen LogP contribution is 2.30. The Morgan fingerprint density at radius 1 is 1.30 bits per heavy atom. The molecule has 5 heteroatoms. The van der Waals surface area contributed by atoms with Gasteiger partial charge in [0.15, 0.2) is 0 Å². The maximum atomic E-state index is 13.1. The summed E-state index contributed by atoms with van der Waals surface area (Å²) >= 11 is 3.39. The van der Waals surface area contributed by atoms with E-state index < -0.39 is 0 Å². The number of benzene rings is 1. The van der Waals surface area contributed by atoms with Crippen LogP contribution < -0.4 is 11.3 Å². The Bertz CT molecular complexity index is 625. The van der Waals surface area contributed by atoms with Crippen molar-refractivity contribution in [2.24, 2.45) is 5.84 Å². The highest BCUT2D eigenvalue weighted by atomic mass is 79.9. The minimum Gasteiger partial charge on any atom is -0.466 e. The van der Waals surface area contributed by atoms with Crippen molar-refractivity contribution in [1.82, 2.24) is 5.43 Å². The first kappa shape index (κ1) is 15.2. The predicted octanol–water partition coefficient (Wildman–Crippen LogP) is 3.85. The minimum atomic E-state index is -0.260. The van der Waals surface area contributed by atoms with Gasteiger partial charge in [-0.25, -0.2) is 4.39 Å². The van der Waals surface area contributed by atoms with Crippen molar-refractivity contribution < 1.29 is 8.81 Å². The number of hydrogen-bond donors (Lipinski definition) is 2. The smallest absolute Gasteiger partial charge is 0.124 e. The monoisotopic (exact) mass is 340 g/mol. The Labute approximate surface area is 126 Å². The van der Waals surface area contributed by atoms with E-state index in [4.69, 9.17) is 10.3 Å². The van der Waals surface area contributed by atoms with Gasteiger partial charge < -0.3 is 4.42 Å². The summed E-state index contributed by atoms with van der Waals surface area (Å²) in [5.74, 6) is 7.20. The Kier molecular flexibility index (Phi) is 4.62. The Balaban J connectivity index is 2.33. The normalized spacial score (nSPS) is 12.7. The number of furan rings is 1. The lowest BCUT2D eigenvalue weighted by Gasteiger charge is -2.17. The minimum absolute atomic E-state index is 0.0748. The van der Waals surface area contributed by atoms with Gasteiger partial charge in [0, 0.05) is 10.0 Å². The first-order valence-electron chi connectivity index (χ1n) is 6.40. The molecule has 0 amide bonds. The largest absolute Gasteiger partial charge is 0.466 e. The third-order valence-corrected chi connectivity index (χ3v) is 4.34. The molecule has 1 aromatic carbocycles. The number of nitrogens with two attached hydrogens (primary N) is 1. The molecule has 1 unspecified atom stereocenters. The third kappa shape index (κ3) is 2.95. The lowest BCUT2D eigenvalue weighted by atomic mass is 9.96. The molecule has 1 atom stereocenters. The molecule has 1 heterocycles. The van der Waals surface area contributed by atoms with Gasteiger partial charge >= 0.3 is 0 Å². The van der Waals surface area contributed by atoms with E-state index >= 15 is 0 Å². The molecule has 20 heavy (non-hydrogen) atoms. The van der Waals surface area contributed by atoms with Crippen LogP contribution in [0.4, 0.5) is 4.39 Å². The van der Waals surface area contributed by atoms with Crippen molar-refractivity contribution in [3.05, 3.63) is 56.7 Å². The first-order chi connectivity index (χ1) is 9.43. The molecule has 0 fully saturated rings. The molecule has 0 aliphatic rings. The van der Waals surface area contributed by atoms with Gasteiger partial charge in [0.25, 0.3) is 0 Å². The second kappa shape index (κ2) is 6.08. The second-order valence-corrected chi connectivity index (χ2v) is 5.77. The molecule has 0 bridgehead atoms. The summed E-state index contributed by atoms with van der Waals surface area (Å²) in [4.78, 5) is 0. The summed E-state index contributed by atoms with van der Waals surface area (Å²) in [6.07, 6.45) is 0.651. The summed E-state index contributed by atoms with van der Waals surface area (Å²) in [6, 6.07) is 4.60. The van der Waals surface area contributed by atoms with E-state index in [0.29, 0.717) is 6.42 Å².